The Morgan fingerprint density at radius 1 is 1.28 bits per heavy atom. The van der Waals surface area contributed by atoms with Crippen LogP contribution in [0.5, 0.6) is 0 Å². The molecule has 1 aromatic rings. The summed E-state index contributed by atoms with van der Waals surface area (Å²) in [5.74, 6) is -0.454. The lowest BCUT2D eigenvalue weighted by molar-refractivity contribution is 0.0600. The van der Waals surface area contributed by atoms with Gasteiger partial charge in [-0.25, -0.2) is 13.2 Å². The molecule has 0 radical (unpaired) electrons. The molecule has 18 heavy (non-hydrogen) atoms. The monoisotopic (exact) mass is 270 g/mol. The Kier molecular flexibility index (Phi) is 4.90. The van der Waals surface area contributed by atoms with Gasteiger partial charge in [0.1, 0.15) is 0 Å². The minimum atomic E-state index is -3.21. The van der Waals surface area contributed by atoms with Crippen molar-refractivity contribution >= 4 is 15.8 Å². The molecule has 1 rings (SSSR count). The van der Waals surface area contributed by atoms with Crippen molar-refractivity contribution < 1.29 is 17.9 Å². The van der Waals surface area contributed by atoms with Crippen molar-refractivity contribution in [1.82, 2.24) is 0 Å². The van der Waals surface area contributed by atoms with E-state index in [0.29, 0.717) is 11.1 Å². The Hall–Kier alpha value is -1.36. The van der Waals surface area contributed by atoms with Crippen molar-refractivity contribution in [3.8, 4) is 0 Å². The molecular formula is C13H18O4S. The highest BCUT2D eigenvalue weighted by Crippen LogP contribution is 2.15. The van der Waals surface area contributed by atoms with Gasteiger partial charge >= 0.3 is 5.97 Å². The van der Waals surface area contributed by atoms with Gasteiger partial charge in [0, 0.05) is 0 Å². The quantitative estimate of drug-likeness (QED) is 0.768. The van der Waals surface area contributed by atoms with Crippen molar-refractivity contribution in [2.75, 3.05) is 12.9 Å². The highest BCUT2D eigenvalue weighted by Gasteiger charge is 2.19. The number of methoxy groups -OCH3 is 1. The van der Waals surface area contributed by atoms with Crippen LogP contribution in [0.25, 0.3) is 0 Å². The highest BCUT2D eigenvalue weighted by atomic mass is 32.2. The molecule has 0 amide bonds. The number of carbonyl (C=O) groups is 1. The first-order valence-electron chi connectivity index (χ1n) is 5.72. The predicted molar refractivity (Wildman–Crippen MR) is 70.1 cm³/mol. The summed E-state index contributed by atoms with van der Waals surface area (Å²) in [5.41, 5.74) is 0.803. The molecule has 5 heteroatoms. The van der Waals surface area contributed by atoms with E-state index in [1.54, 1.807) is 24.3 Å². The van der Waals surface area contributed by atoms with Crippen molar-refractivity contribution in [2.45, 2.75) is 19.6 Å². The van der Waals surface area contributed by atoms with Crippen LogP contribution in [0.1, 0.15) is 29.8 Å². The van der Waals surface area contributed by atoms with Crippen molar-refractivity contribution in [2.24, 2.45) is 5.92 Å². The van der Waals surface area contributed by atoms with Gasteiger partial charge in [0.15, 0.2) is 9.84 Å². The minimum Gasteiger partial charge on any atom is -0.465 e. The van der Waals surface area contributed by atoms with Crippen LogP contribution in [-0.4, -0.2) is 27.2 Å². The topological polar surface area (TPSA) is 60.4 Å². The summed E-state index contributed by atoms with van der Waals surface area (Å²) < 4.78 is 28.5. The number of esters is 1. The maximum Gasteiger partial charge on any atom is 0.338 e. The molecular weight excluding hydrogens is 252 g/mol. The molecule has 0 fully saturated rings. The van der Waals surface area contributed by atoms with E-state index in [0.717, 1.165) is 0 Å². The van der Waals surface area contributed by atoms with Gasteiger partial charge in [-0.05, 0) is 17.5 Å². The average molecular weight is 270 g/mol. The second-order valence-electron chi connectivity index (χ2n) is 4.60. The molecule has 4 nitrogen and oxygen atoms in total. The molecule has 1 aromatic carbocycles. The molecule has 100 valence electrons. The second-order valence-corrected chi connectivity index (χ2v) is 6.71. The highest BCUT2D eigenvalue weighted by molar-refractivity contribution is 7.90. The number of sulfone groups is 1. The third-order valence-electron chi connectivity index (χ3n) is 2.39. The lowest BCUT2D eigenvalue weighted by atomic mass is 10.1. The van der Waals surface area contributed by atoms with Gasteiger partial charge in [-0.1, -0.05) is 32.0 Å². The van der Waals surface area contributed by atoms with Crippen LogP contribution >= 0.6 is 0 Å². The van der Waals surface area contributed by atoms with E-state index in [2.05, 4.69) is 4.74 Å². The van der Waals surface area contributed by atoms with E-state index in [-0.39, 0.29) is 17.4 Å². The molecule has 0 saturated carbocycles. The third-order valence-corrected chi connectivity index (χ3v) is 4.31. The van der Waals surface area contributed by atoms with Gasteiger partial charge in [-0.15, -0.1) is 0 Å². The average Bonchev–Trinajstić information content (AvgIpc) is 2.26. The maximum atomic E-state index is 11.9. The van der Waals surface area contributed by atoms with E-state index in [1.165, 1.54) is 7.11 Å². The number of benzene rings is 1. The number of hydrogen-bond donors (Lipinski definition) is 0. The molecule has 0 aliphatic rings. The zero-order valence-corrected chi connectivity index (χ0v) is 11.7. The fourth-order valence-electron chi connectivity index (χ4n) is 1.76. The standard InChI is InChI=1S/C13H18O4S/c1-10(2)8-18(15,16)9-11-6-4-5-7-12(11)13(14)17-3/h4-7,10H,8-9H2,1-3H3. The zero-order chi connectivity index (χ0) is 13.8. The number of rotatable bonds is 5. The normalized spacial score (nSPS) is 11.6. The van der Waals surface area contributed by atoms with Gasteiger partial charge in [0.05, 0.1) is 24.2 Å². The van der Waals surface area contributed by atoms with Crippen LogP contribution in [0.4, 0.5) is 0 Å². The van der Waals surface area contributed by atoms with E-state index >= 15 is 0 Å². The van der Waals surface area contributed by atoms with Crippen LogP contribution in [0, 0.1) is 5.92 Å². The SMILES string of the molecule is COC(=O)c1ccccc1CS(=O)(=O)CC(C)C. The Bertz CT molecular complexity index is 518. The number of hydrogen-bond acceptors (Lipinski definition) is 4. The Morgan fingerprint density at radius 3 is 2.44 bits per heavy atom. The summed E-state index contributed by atoms with van der Waals surface area (Å²) in [6.45, 7) is 3.70. The fourth-order valence-corrected chi connectivity index (χ4v) is 3.62. The van der Waals surface area contributed by atoms with Crippen molar-refractivity contribution in [1.29, 1.82) is 0 Å². The third kappa shape index (κ3) is 4.14. The van der Waals surface area contributed by atoms with E-state index < -0.39 is 15.8 Å². The van der Waals surface area contributed by atoms with Crippen molar-refractivity contribution in [3.63, 3.8) is 0 Å². The first-order chi connectivity index (χ1) is 8.35. The lowest BCUT2D eigenvalue weighted by Crippen LogP contribution is -2.16. The summed E-state index contributed by atoms with van der Waals surface area (Å²) in [6.07, 6.45) is 0. The van der Waals surface area contributed by atoms with Crippen LogP contribution in [0.15, 0.2) is 24.3 Å². The van der Waals surface area contributed by atoms with E-state index in [9.17, 15) is 13.2 Å². The van der Waals surface area contributed by atoms with Crippen LogP contribution < -0.4 is 0 Å². The Labute approximate surface area is 108 Å². The second kappa shape index (κ2) is 6.00. The van der Waals surface area contributed by atoms with E-state index in [4.69, 9.17) is 0 Å². The number of ether oxygens (including phenoxy) is 1. The lowest BCUT2D eigenvalue weighted by Gasteiger charge is -2.10. The molecule has 0 aromatic heterocycles. The summed E-state index contributed by atoms with van der Waals surface area (Å²) >= 11 is 0. The maximum absolute atomic E-state index is 11.9. The van der Waals surface area contributed by atoms with Crippen molar-refractivity contribution in [3.05, 3.63) is 35.4 Å². The molecule has 0 aliphatic carbocycles. The molecule has 0 unspecified atom stereocenters. The predicted octanol–water partition coefficient (Wildman–Crippen LogP) is 2.04. The molecule has 0 spiro atoms. The summed E-state index contributed by atoms with van der Waals surface area (Å²) in [6, 6.07) is 6.62. The molecule has 0 heterocycles. The molecule has 0 atom stereocenters. The van der Waals surface area contributed by atoms with Crippen LogP contribution in [0.3, 0.4) is 0 Å². The smallest absolute Gasteiger partial charge is 0.338 e. The Balaban J connectivity index is 3.01. The molecule has 0 aliphatic heterocycles. The van der Waals surface area contributed by atoms with Gasteiger partial charge < -0.3 is 4.74 Å². The number of carbonyl (C=O) groups excluding carboxylic acids is 1. The fraction of sp³-hybridized carbons (Fsp3) is 0.462. The Morgan fingerprint density at radius 2 is 1.89 bits per heavy atom. The zero-order valence-electron chi connectivity index (χ0n) is 10.8. The molecule has 0 N–H and O–H groups in total. The van der Waals surface area contributed by atoms with Gasteiger partial charge in [0.2, 0.25) is 0 Å². The summed E-state index contributed by atoms with van der Waals surface area (Å²) in [4.78, 5) is 11.5. The first-order valence-corrected chi connectivity index (χ1v) is 7.54. The van der Waals surface area contributed by atoms with Crippen LogP contribution in [0.2, 0.25) is 0 Å². The summed E-state index contributed by atoms with van der Waals surface area (Å²) in [7, 11) is -1.93. The van der Waals surface area contributed by atoms with Gasteiger partial charge in [-0.2, -0.15) is 0 Å². The largest absolute Gasteiger partial charge is 0.465 e. The van der Waals surface area contributed by atoms with Gasteiger partial charge in [0.25, 0.3) is 0 Å². The molecule has 0 saturated heterocycles. The molecule has 0 bridgehead atoms. The first kappa shape index (κ1) is 14.7. The van der Waals surface area contributed by atoms with E-state index in [1.807, 2.05) is 13.8 Å². The van der Waals surface area contributed by atoms with Crippen LogP contribution in [-0.2, 0) is 20.3 Å². The van der Waals surface area contributed by atoms with Gasteiger partial charge in [-0.3, -0.25) is 0 Å². The minimum absolute atomic E-state index is 0.0697. The summed E-state index contributed by atoms with van der Waals surface area (Å²) in [5, 5.41) is 0.